The summed E-state index contributed by atoms with van der Waals surface area (Å²) in [6.07, 6.45) is 0.963. The van der Waals surface area contributed by atoms with Crippen molar-refractivity contribution >= 4 is 11.6 Å². The van der Waals surface area contributed by atoms with Crippen LogP contribution < -0.4 is 10.2 Å². The lowest BCUT2D eigenvalue weighted by atomic mass is 9.76. The standard InChI is InChI=1S/C30H34F3N5O2/c1-28(16-40-17-28)13-23(26-36-35-18-37(26)3)20-6-4-7-21(12-20)38-15-24-22(27(38)39)10-19(11-25(24)30(31,32)33)14-34-29(2)8-5-9-29/h4,6-7,10-12,18,23,34H,5,8-9,13-17H2,1-3H3/t23-/m0/s1. The van der Waals surface area contributed by atoms with Gasteiger partial charge in [-0.25, -0.2) is 0 Å². The second-order valence-corrected chi connectivity index (χ2v) is 12.3. The lowest BCUT2D eigenvalue weighted by Crippen LogP contribution is -2.47. The normalized spacial score (nSPS) is 20.1. The van der Waals surface area contributed by atoms with Crippen molar-refractivity contribution in [2.75, 3.05) is 18.1 Å². The highest BCUT2D eigenvalue weighted by molar-refractivity contribution is 6.10. The highest BCUT2D eigenvalue weighted by atomic mass is 19.4. The molecular weight excluding hydrogens is 519 g/mol. The molecule has 0 unspecified atom stereocenters. The molecule has 6 rings (SSSR count). The van der Waals surface area contributed by atoms with Crippen molar-refractivity contribution in [1.29, 1.82) is 0 Å². The van der Waals surface area contributed by atoms with Gasteiger partial charge in [0.1, 0.15) is 12.2 Å². The summed E-state index contributed by atoms with van der Waals surface area (Å²) in [5.74, 6) is 0.264. The molecule has 1 aliphatic carbocycles. The number of hydrogen-bond acceptors (Lipinski definition) is 5. The van der Waals surface area contributed by atoms with Crippen LogP contribution in [0.5, 0.6) is 0 Å². The summed E-state index contributed by atoms with van der Waals surface area (Å²) >= 11 is 0. The lowest BCUT2D eigenvalue weighted by Gasteiger charge is -2.40. The van der Waals surface area contributed by atoms with Gasteiger partial charge in [-0.1, -0.05) is 19.1 Å². The number of nitrogens with one attached hydrogen (secondary N) is 1. The summed E-state index contributed by atoms with van der Waals surface area (Å²) in [4.78, 5) is 15.1. The van der Waals surface area contributed by atoms with Crippen molar-refractivity contribution in [3.05, 3.63) is 76.4 Å². The number of benzene rings is 2. The van der Waals surface area contributed by atoms with E-state index in [2.05, 4.69) is 29.4 Å². The summed E-state index contributed by atoms with van der Waals surface area (Å²) in [7, 11) is 1.89. The molecule has 1 saturated heterocycles. The molecule has 212 valence electrons. The number of amides is 1. The molecule has 1 amide bonds. The van der Waals surface area contributed by atoms with E-state index in [1.807, 2.05) is 29.8 Å². The monoisotopic (exact) mass is 553 g/mol. The predicted octanol–water partition coefficient (Wildman–Crippen LogP) is 5.59. The number of hydrogen-bond donors (Lipinski definition) is 1. The fourth-order valence-corrected chi connectivity index (χ4v) is 6.17. The Bertz CT molecular complexity index is 1440. The molecule has 2 aliphatic heterocycles. The third-order valence-corrected chi connectivity index (χ3v) is 8.82. The van der Waals surface area contributed by atoms with Crippen molar-refractivity contribution in [2.45, 2.75) is 70.3 Å². The van der Waals surface area contributed by atoms with Crippen LogP contribution in [0.3, 0.4) is 0 Å². The SMILES string of the molecule is Cn1cnnc1[C@@H](CC1(C)COC1)c1cccc(N2Cc3c(cc(CNC4(C)CCC4)cc3C(F)(F)F)C2=O)c1. The first kappa shape index (κ1) is 27.0. The molecule has 3 aromatic rings. The first-order valence-electron chi connectivity index (χ1n) is 13.8. The molecule has 1 aromatic heterocycles. The maximum absolute atomic E-state index is 14.2. The van der Waals surface area contributed by atoms with Crippen LogP contribution >= 0.6 is 0 Å². The number of carbonyl (C=O) groups excluding carboxylic acids is 1. The number of aromatic nitrogens is 3. The molecule has 3 heterocycles. The van der Waals surface area contributed by atoms with E-state index in [9.17, 15) is 18.0 Å². The summed E-state index contributed by atoms with van der Waals surface area (Å²) in [5, 5.41) is 11.8. The van der Waals surface area contributed by atoms with Gasteiger partial charge in [0.05, 0.1) is 25.3 Å². The number of ether oxygens (including phenoxy) is 1. The van der Waals surface area contributed by atoms with Crippen molar-refractivity contribution in [2.24, 2.45) is 12.5 Å². The third-order valence-electron chi connectivity index (χ3n) is 8.82. The molecule has 40 heavy (non-hydrogen) atoms. The highest BCUT2D eigenvalue weighted by Crippen LogP contribution is 2.43. The Morgan fingerprint density at radius 1 is 1.15 bits per heavy atom. The number of alkyl halides is 3. The molecule has 0 radical (unpaired) electrons. The minimum absolute atomic E-state index is 0.0189. The van der Waals surface area contributed by atoms with Crippen LogP contribution in [-0.2, 0) is 31.1 Å². The summed E-state index contributed by atoms with van der Waals surface area (Å²) < 4.78 is 50.0. The van der Waals surface area contributed by atoms with Crippen LogP contribution in [0.2, 0.25) is 0 Å². The van der Waals surface area contributed by atoms with E-state index < -0.39 is 17.6 Å². The first-order chi connectivity index (χ1) is 18.9. The van der Waals surface area contributed by atoms with Gasteiger partial charge < -0.3 is 19.5 Å². The van der Waals surface area contributed by atoms with Crippen molar-refractivity contribution < 1.29 is 22.7 Å². The van der Waals surface area contributed by atoms with E-state index in [1.54, 1.807) is 18.5 Å². The third kappa shape index (κ3) is 4.92. The van der Waals surface area contributed by atoms with Crippen LogP contribution in [0.15, 0.2) is 42.7 Å². The number of fused-ring (bicyclic) bond motifs is 1. The summed E-state index contributed by atoms with van der Waals surface area (Å²) in [6, 6.07) is 10.3. The fourth-order valence-electron chi connectivity index (χ4n) is 6.17. The Balaban J connectivity index is 1.32. The highest BCUT2D eigenvalue weighted by Gasteiger charge is 2.42. The maximum Gasteiger partial charge on any atom is 0.416 e. The molecule has 1 N–H and O–H groups in total. The van der Waals surface area contributed by atoms with E-state index >= 15 is 0 Å². The molecular formula is C30H34F3N5O2. The van der Waals surface area contributed by atoms with E-state index in [0.717, 1.165) is 37.1 Å². The molecule has 1 saturated carbocycles. The van der Waals surface area contributed by atoms with Gasteiger partial charge in [-0.2, -0.15) is 13.2 Å². The fraction of sp³-hybridized carbons (Fsp3) is 0.500. The quantitative estimate of drug-likeness (QED) is 0.394. The van der Waals surface area contributed by atoms with Gasteiger partial charge in [-0.3, -0.25) is 4.79 Å². The second-order valence-electron chi connectivity index (χ2n) is 12.3. The van der Waals surface area contributed by atoms with Gasteiger partial charge in [0.15, 0.2) is 0 Å². The number of nitrogens with zero attached hydrogens (tertiary/aromatic N) is 4. The predicted molar refractivity (Wildman–Crippen MR) is 144 cm³/mol. The number of rotatable bonds is 8. The minimum Gasteiger partial charge on any atom is -0.380 e. The van der Waals surface area contributed by atoms with Gasteiger partial charge >= 0.3 is 6.18 Å². The zero-order valence-corrected chi connectivity index (χ0v) is 23.0. The van der Waals surface area contributed by atoms with Crippen molar-refractivity contribution in [3.63, 3.8) is 0 Å². The zero-order chi connectivity index (χ0) is 28.3. The van der Waals surface area contributed by atoms with E-state index in [1.165, 1.54) is 11.0 Å². The lowest BCUT2D eigenvalue weighted by molar-refractivity contribution is -0.138. The Morgan fingerprint density at radius 3 is 2.52 bits per heavy atom. The molecule has 7 nitrogen and oxygen atoms in total. The molecule has 2 aromatic carbocycles. The number of aryl methyl sites for hydroxylation is 1. The van der Waals surface area contributed by atoms with Gasteiger partial charge in [-0.15, -0.1) is 10.2 Å². The Kier molecular flexibility index (Phi) is 6.53. The first-order valence-corrected chi connectivity index (χ1v) is 13.8. The Labute approximate surface area is 231 Å². The molecule has 0 spiro atoms. The molecule has 3 aliphatic rings. The van der Waals surface area contributed by atoms with E-state index in [-0.39, 0.29) is 41.1 Å². The minimum atomic E-state index is -4.56. The van der Waals surface area contributed by atoms with Crippen LogP contribution in [0.25, 0.3) is 0 Å². The Morgan fingerprint density at radius 2 is 1.93 bits per heavy atom. The number of anilines is 1. The van der Waals surface area contributed by atoms with Gasteiger partial charge in [-0.05, 0) is 73.6 Å². The topological polar surface area (TPSA) is 72.3 Å². The summed E-state index contributed by atoms with van der Waals surface area (Å²) in [5.41, 5.74) is 1.31. The summed E-state index contributed by atoms with van der Waals surface area (Å²) in [6.45, 7) is 5.71. The maximum atomic E-state index is 14.2. The number of carbonyl (C=O) groups is 1. The molecule has 10 heteroatoms. The smallest absolute Gasteiger partial charge is 0.380 e. The zero-order valence-electron chi connectivity index (χ0n) is 23.0. The van der Waals surface area contributed by atoms with Gasteiger partial charge in [0.2, 0.25) is 0 Å². The van der Waals surface area contributed by atoms with Crippen LogP contribution in [-0.4, -0.2) is 39.4 Å². The van der Waals surface area contributed by atoms with Crippen molar-refractivity contribution in [1.82, 2.24) is 20.1 Å². The van der Waals surface area contributed by atoms with E-state index in [0.29, 0.717) is 24.5 Å². The van der Waals surface area contributed by atoms with Crippen LogP contribution in [0.4, 0.5) is 18.9 Å². The van der Waals surface area contributed by atoms with Crippen LogP contribution in [0, 0.1) is 5.41 Å². The second kappa shape index (κ2) is 9.69. The largest absolute Gasteiger partial charge is 0.416 e. The molecule has 1 atom stereocenters. The molecule has 2 fully saturated rings. The molecule has 0 bridgehead atoms. The van der Waals surface area contributed by atoms with Gasteiger partial charge in [0, 0.05) is 41.7 Å². The van der Waals surface area contributed by atoms with E-state index in [4.69, 9.17) is 4.74 Å². The number of halogens is 3. The Hall–Kier alpha value is -3.24. The van der Waals surface area contributed by atoms with Crippen molar-refractivity contribution in [3.8, 4) is 0 Å². The average Bonchev–Trinajstić information content (AvgIpc) is 3.45. The van der Waals surface area contributed by atoms with Gasteiger partial charge in [0.25, 0.3) is 5.91 Å². The van der Waals surface area contributed by atoms with Crippen LogP contribution in [0.1, 0.15) is 83.9 Å². The average molecular weight is 554 g/mol.